The largest absolute Gasteiger partial charge is 0.507 e. The summed E-state index contributed by atoms with van der Waals surface area (Å²) in [5, 5.41) is 26.9. The molecule has 17 heavy (non-hydrogen) atoms. The van der Waals surface area contributed by atoms with E-state index in [4.69, 9.17) is 5.26 Å². The van der Waals surface area contributed by atoms with E-state index in [1.165, 1.54) is 11.8 Å². The summed E-state index contributed by atoms with van der Waals surface area (Å²) in [6.45, 7) is 0. The fourth-order valence-corrected chi connectivity index (χ4v) is 2.01. The number of thioether (sulfide) groups is 1. The van der Waals surface area contributed by atoms with Crippen LogP contribution in [0.2, 0.25) is 0 Å². The van der Waals surface area contributed by atoms with Crippen molar-refractivity contribution in [3.8, 4) is 23.2 Å². The minimum absolute atomic E-state index is 0.167. The Morgan fingerprint density at radius 1 is 1.41 bits per heavy atom. The molecule has 0 atom stereocenters. The Kier molecular flexibility index (Phi) is 3.30. The molecule has 0 radical (unpaired) electrons. The smallest absolute Gasteiger partial charge is 0.192 e. The van der Waals surface area contributed by atoms with Crippen LogP contribution in [0.25, 0.3) is 11.4 Å². The predicted octanol–water partition coefficient (Wildman–Crippen LogP) is 1.80. The van der Waals surface area contributed by atoms with E-state index in [0.717, 1.165) is 0 Å². The summed E-state index contributed by atoms with van der Waals surface area (Å²) in [4.78, 5) is 0. The number of phenolic OH excluding ortho intramolecular Hbond substituents is 1. The van der Waals surface area contributed by atoms with Gasteiger partial charge in [-0.05, 0) is 12.1 Å². The number of nitriles is 1. The lowest BCUT2D eigenvalue weighted by Gasteiger charge is -2.04. The molecule has 1 aromatic heterocycles. The van der Waals surface area contributed by atoms with E-state index in [1.807, 2.05) is 19.2 Å². The van der Waals surface area contributed by atoms with E-state index in [2.05, 4.69) is 10.2 Å². The molecule has 2 rings (SSSR count). The van der Waals surface area contributed by atoms with Crippen molar-refractivity contribution in [1.82, 2.24) is 14.8 Å². The van der Waals surface area contributed by atoms with Crippen LogP contribution < -0.4 is 0 Å². The molecule has 0 fully saturated rings. The van der Waals surface area contributed by atoms with Gasteiger partial charge in [0.25, 0.3) is 0 Å². The fourth-order valence-electron chi connectivity index (χ4n) is 1.43. The van der Waals surface area contributed by atoms with Crippen LogP contribution in [-0.2, 0) is 7.05 Å². The van der Waals surface area contributed by atoms with E-state index < -0.39 is 0 Å². The van der Waals surface area contributed by atoms with Crippen molar-refractivity contribution < 1.29 is 5.11 Å². The highest BCUT2D eigenvalue weighted by atomic mass is 32.2. The van der Waals surface area contributed by atoms with Gasteiger partial charge in [-0.15, -0.1) is 10.2 Å². The van der Waals surface area contributed by atoms with E-state index in [-0.39, 0.29) is 5.75 Å². The first-order valence-electron chi connectivity index (χ1n) is 4.91. The topological polar surface area (TPSA) is 74.7 Å². The summed E-state index contributed by atoms with van der Waals surface area (Å²) in [6.07, 6.45) is 0. The lowest BCUT2D eigenvalue weighted by atomic mass is 10.2. The normalized spacial score (nSPS) is 10.1. The van der Waals surface area contributed by atoms with Gasteiger partial charge in [0.2, 0.25) is 0 Å². The molecule has 0 amide bonds. The Balaban J connectivity index is 2.38. The van der Waals surface area contributed by atoms with Crippen molar-refractivity contribution in [2.24, 2.45) is 7.05 Å². The highest BCUT2D eigenvalue weighted by Gasteiger charge is 2.13. The monoisotopic (exact) mass is 246 g/mol. The van der Waals surface area contributed by atoms with Crippen molar-refractivity contribution in [2.45, 2.75) is 5.16 Å². The van der Waals surface area contributed by atoms with Gasteiger partial charge in [0.15, 0.2) is 11.0 Å². The van der Waals surface area contributed by atoms with Crippen LogP contribution in [0.15, 0.2) is 29.4 Å². The van der Waals surface area contributed by atoms with Crippen molar-refractivity contribution in [2.75, 3.05) is 5.75 Å². The van der Waals surface area contributed by atoms with Crippen molar-refractivity contribution in [3.63, 3.8) is 0 Å². The van der Waals surface area contributed by atoms with Crippen LogP contribution in [0.4, 0.5) is 0 Å². The van der Waals surface area contributed by atoms with E-state index >= 15 is 0 Å². The number of aromatic nitrogens is 3. The van der Waals surface area contributed by atoms with Gasteiger partial charge in [-0.2, -0.15) is 5.26 Å². The van der Waals surface area contributed by atoms with Crippen LogP contribution >= 0.6 is 11.8 Å². The molecule has 5 nitrogen and oxygen atoms in total. The second-order valence-electron chi connectivity index (χ2n) is 3.33. The molecule has 86 valence electrons. The van der Waals surface area contributed by atoms with Gasteiger partial charge in [-0.25, -0.2) is 0 Å². The molecule has 0 bridgehead atoms. The molecule has 0 unspecified atom stereocenters. The lowest BCUT2D eigenvalue weighted by molar-refractivity contribution is 0.476. The third kappa shape index (κ3) is 2.24. The Morgan fingerprint density at radius 3 is 2.88 bits per heavy atom. The lowest BCUT2D eigenvalue weighted by Crippen LogP contribution is -1.95. The molecular weight excluding hydrogens is 236 g/mol. The quantitative estimate of drug-likeness (QED) is 0.836. The number of phenols is 1. The van der Waals surface area contributed by atoms with Gasteiger partial charge in [-0.1, -0.05) is 23.9 Å². The Labute approximate surface area is 103 Å². The number of rotatable bonds is 3. The first kappa shape index (κ1) is 11.5. The maximum absolute atomic E-state index is 9.73. The molecule has 0 saturated heterocycles. The van der Waals surface area contributed by atoms with Gasteiger partial charge in [0.1, 0.15) is 5.75 Å². The van der Waals surface area contributed by atoms with Crippen LogP contribution in [0.1, 0.15) is 0 Å². The van der Waals surface area contributed by atoms with E-state index in [0.29, 0.717) is 22.3 Å². The average Bonchev–Trinajstić information content (AvgIpc) is 2.69. The Bertz CT molecular complexity index is 573. The van der Waals surface area contributed by atoms with Gasteiger partial charge in [0.05, 0.1) is 17.4 Å². The van der Waals surface area contributed by atoms with Crippen LogP contribution in [0.5, 0.6) is 5.75 Å². The minimum atomic E-state index is 0.167. The van der Waals surface area contributed by atoms with Crippen LogP contribution in [-0.4, -0.2) is 25.6 Å². The summed E-state index contributed by atoms with van der Waals surface area (Å²) in [6, 6.07) is 8.99. The van der Waals surface area contributed by atoms with Crippen LogP contribution in [0, 0.1) is 11.3 Å². The van der Waals surface area contributed by atoms with Crippen LogP contribution in [0.3, 0.4) is 0 Å². The summed E-state index contributed by atoms with van der Waals surface area (Å²) in [5.74, 6) is 1.08. The number of benzene rings is 1. The molecular formula is C11H10N4OS. The standard InChI is InChI=1S/C11H10N4OS/c1-15-10(8-4-2-3-5-9(8)16)13-14-11(15)17-7-6-12/h2-5,16H,7H2,1H3. The number of hydrogen-bond donors (Lipinski definition) is 1. The molecule has 0 aliphatic carbocycles. The Hall–Kier alpha value is -2.00. The van der Waals surface area contributed by atoms with E-state index in [1.54, 1.807) is 22.8 Å². The molecule has 0 saturated carbocycles. The Morgan fingerprint density at radius 2 is 2.18 bits per heavy atom. The third-order valence-corrected chi connectivity index (χ3v) is 3.13. The second kappa shape index (κ2) is 4.89. The van der Waals surface area contributed by atoms with Gasteiger partial charge >= 0.3 is 0 Å². The maximum atomic E-state index is 9.73. The molecule has 0 spiro atoms. The highest BCUT2D eigenvalue weighted by Crippen LogP contribution is 2.28. The third-order valence-electron chi connectivity index (χ3n) is 2.25. The first-order valence-corrected chi connectivity index (χ1v) is 5.90. The molecule has 1 N–H and O–H groups in total. The van der Waals surface area contributed by atoms with Gasteiger partial charge in [-0.3, -0.25) is 0 Å². The van der Waals surface area contributed by atoms with Gasteiger partial charge < -0.3 is 9.67 Å². The van der Waals surface area contributed by atoms with Gasteiger partial charge in [0, 0.05) is 7.05 Å². The number of aromatic hydroxyl groups is 1. The molecule has 6 heteroatoms. The van der Waals surface area contributed by atoms with Crippen molar-refractivity contribution in [1.29, 1.82) is 5.26 Å². The molecule has 0 aliphatic rings. The summed E-state index contributed by atoms with van der Waals surface area (Å²) in [7, 11) is 1.81. The zero-order valence-electron chi connectivity index (χ0n) is 9.16. The predicted molar refractivity (Wildman–Crippen MR) is 64.4 cm³/mol. The summed E-state index contributed by atoms with van der Waals surface area (Å²) >= 11 is 1.32. The number of para-hydroxylation sites is 1. The second-order valence-corrected chi connectivity index (χ2v) is 4.27. The fraction of sp³-hybridized carbons (Fsp3) is 0.182. The first-order chi connectivity index (χ1) is 8.24. The zero-order chi connectivity index (χ0) is 12.3. The molecule has 1 heterocycles. The maximum Gasteiger partial charge on any atom is 0.192 e. The van der Waals surface area contributed by atoms with Crippen molar-refractivity contribution in [3.05, 3.63) is 24.3 Å². The highest BCUT2D eigenvalue weighted by molar-refractivity contribution is 7.99. The SMILES string of the molecule is Cn1c(SCC#N)nnc1-c1ccccc1O. The molecule has 2 aromatic rings. The summed E-state index contributed by atoms with van der Waals surface area (Å²) in [5.41, 5.74) is 0.631. The van der Waals surface area contributed by atoms with E-state index in [9.17, 15) is 5.11 Å². The average molecular weight is 246 g/mol. The molecule has 1 aromatic carbocycles. The summed E-state index contributed by atoms with van der Waals surface area (Å²) < 4.78 is 1.76. The number of nitrogens with zero attached hydrogens (tertiary/aromatic N) is 4. The van der Waals surface area contributed by atoms with Crippen molar-refractivity contribution >= 4 is 11.8 Å². The zero-order valence-corrected chi connectivity index (χ0v) is 9.98. The molecule has 0 aliphatic heterocycles. The minimum Gasteiger partial charge on any atom is -0.507 e. The number of hydrogen-bond acceptors (Lipinski definition) is 5.